The number of hydrogen-bond acceptors (Lipinski definition) is 4. The van der Waals surface area contributed by atoms with Gasteiger partial charge in [0.1, 0.15) is 5.25 Å². The summed E-state index contributed by atoms with van der Waals surface area (Å²) in [7, 11) is -3.96. The van der Waals surface area contributed by atoms with Crippen LogP contribution >= 0.6 is 11.8 Å². The van der Waals surface area contributed by atoms with E-state index in [9.17, 15) is 13.2 Å². The Kier molecular flexibility index (Phi) is 5.25. The number of para-hydroxylation sites is 1. The molecule has 1 fully saturated rings. The molecule has 0 spiro atoms. The van der Waals surface area contributed by atoms with E-state index >= 15 is 0 Å². The molecule has 0 bridgehead atoms. The molecular weight excluding hydrogens is 404 g/mol. The Hall–Kier alpha value is -2.90. The van der Waals surface area contributed by atoms with Crippen LogP contribution in [0.15, 0.2) is 94.2 Å². The third-order valence-electron chi connectivity index (χ3n) is 4.49. The lowest BCUT2D eigenvalue weighted by atomic mass is 10.1. The second-order valence-electron chi connectivity index (χ2n) is 6.58. The molecule has 146 valence electrons. The maximum absolute atomic E-state index is 13.2. The van der Waals surface area contributed by atoms with Crippen molar-refractivity contribution in [2.75, 3.05) is 4.90 Å². The summed E-state index contributed by atoms with van der Waals surface area (Å²) < 4.78 is 29.8. The number of hydrogen-bond donors (Lipinski definition) is 0. The molecule has 1 unspecified atom stereocenters. The number of sulfonamides is 1. The van der Waals surface area contributed by atoms with E-state index in [0.29, 0.717) is 5.69 Å². The number of rotatable bonds is 4. The van der Waals surface area contributed by atoms with Crippen LogP contribution in [0.25, 0.3) is 0 Å². The molecule has 1 saturated heterocycles. The Morgan fingerprint density at radius 2 is 1.45 bits per heavy atom. The minimum absolute atomic E-state index is 0.0971. The normalized spacial score (nSPS) is 18.4. The highest BCUT2D eigenvalue weighted by Gasteiger charge is 2.41. The lowest BCUT2D eigenvalue weighted by Crippen LogP contribution is -2.30. The Labute approximate surface area is 174 Å². The van der Waals surface area contributed by atoms with Gasteiger partial charge < -0.3 is 0 Å². The van der Waals surface area contributed by atoms with E-state index in [1.54, 1.807) is 36.4 Å². The average Bonchev–Trinajstić information content (AvgIpc) is 3.05. The highest BCUT2D eigenvalue weighted by Crippen LogP contribution is 2.42. The number of benzene rings is 3. The smallest absolute Gasteiger partial charge is 0.272 e. The van der Waals surface area contributed by atoms with Crippen molar-refractivity contribution in [2.45, 2.75) is 17.1 Å². The molecule has 0 saturated carbocycles. The molecule has 0 radical (unpaired) electrons. The van der Waals surface area contributed by atoms with Gasteiger partial charge >= 0.3 is 0 Å². The SMILES string of the molecule is Cc1ccc(S(=O)(=O)/N=C2\SC(c3ccccc3)C(=O)N2c2ccccc2)cc1. The second-order valence-corrected chi connectivity index (χ2v) is 9.26. The van der Waals surface area contributed by atoms with Crippen molar-refractivity contribution in [3.05, 3.63) is 96.1 Å². The molecular formula is C22H18N2O3S2. The second kappa shape index (κ2) is 7.85. The highest BCUT2D eigenvalue weighted by molar-refractivity contribution is 8.16. The van der Waals surface area contributed by atoms with E-state index in [4.69, 9.17) is 0 Å². The molecule has 0 N–H and O–H groups in total. The zero-order valence-corrected chi connectivity index (χ0v) is 17.2. The van der Waals surface area contributed by atoms with Crippen molar-refractivity contribution >= 4 is 38.5 Å². The minimum atomic E-state index is -3.96. The number of amidine groups is 1. The number of carbonyl (C=O) groups excluding carboxylic acids is 1. The van der Waals surface area contributed by atoms with Gasteiger partial charge in [-0.3, -0.25) is 9.69 Å². The molecule has 3 aromatic rings. The van der Waals surface area contributed by atoms with Gasteiger partial charge in [-0.2, -0.15) is 8.42 Å². The van der Waals surface area contributed by atoms with Gasteiger partial charge in [0.05, 0.1) is 10.6 Å². The van der Waals surface area contributed by atoms with Crippen molar-refractivity contribution in [1.82, 2.24) is 0 Å². The molecule has 1 heterocycles. The first kappa shape index (κ1) is 19.4. The molecule has 0 aliphatic carbocycles. The number of carbonyl (C=O) groups is 1. The van der Waals surface area contributed by atoms with Gasteiger partial charge in [-0.15, -0.1) is 4.40 Å². The first-order chi connectivity index (χ1) is 14.0. The van der Waals surface area contributed by atoms with E-state index in [1.807, 2.05) is 43.3 Å². The molecule has 7 heteroatoms. The molecule has 1 aliphatic rings. The fourth-order valence-electron chi connectivity index (χ4n) is 3.00. The zero-order valence-electron chi connectivity index (χ0n) is 15.6. The van der Waals surface area contributed by atoms with Crippen LogP contribution in [0.2, 0.25) is 0 Å². The van der Waals surface area contributed by atoms with Gasteiger partial charge in [-0.05, 0) is 36.8 Å². The maximum atomic E-state index is 13.2. The number of amides is 1. The van der Waals surface area contributed by atoms with Crippen LogP contribution in [0.3, 0.4) is 0 Å². The summed E-state index contributed by atoms with van der Waals surface area (Å²) in [4.78, 5) is 14.7. The van der Waals surface area contributed by atoms with E-state index < -0.39 is 15.3 Å². The molecule has 1 aliphatic heterocycles. The van der Waals surface area contributed by atoms with E-state index in [-0.39, 0.29) is 16.0 Å². The maximum Gasteiger partial charge on any atom is 0.284 e. The van der Waals surface area contributed by atoms with E-state index in [2.05, 4.69) is 4.40 Å². The van der Waals surface area contributed by atoms with Crippen molar-refractivity contribution in [2.24, 2.45) is 4.40 Å². The zero-order chi connectivity index (χ0) is 20.4. The Balaban J connectivity index is 1.79. The van der Waals surface area contributed by atoms with Crippen LogP contribution in [0.5, 0.6) is 0 Å². The van der Waals surface area contributed by atoms with Crippen LogP contribution < -0.4 is 4.90 Å². The summed E-state index contributed by atoms with van der Waals surface area (Å²) in [5, 5.41) is -0.404. The van der Waals surface area contributed by atoms with Crippen LogP contribution in [0.1, 0.15) is 16.4 Å². The van der Waals surface area contributed by atoms with Crippen LogP contribution in [-0.4, -0.2) is 19.5 Å². The molecule has 3 aromatic carbocycles. The summed E-state index contributed by atoms with van der Waals surface area (Å²) in [6.07, 6.45) is 0. The van der Waals surface area contributed by atoms with Gasteiger partial charge in [-0.1, -0.05) is 78.0 Å². The number of anilines is 1. The van der Waals surface area contributed by atoms with Crippen LogP contribution in [0, 0.1) is 6.92 Å². The molecule has 0 aromatic heterocycles. The summed E-state index contributed by atoms with van der Waals surface area (Å²) in [6.45, 7) is 1.88. The predicted molar refractivity (Wildman–Crippen MR) is 117 cm³/mol. The fraction of sp³-hybridized carbons (Fsp3) is 0.0909. The summed E-state index contributed by atoms with van der Waals surface area (Å²) in [5.74, 6) is -0.217. The summed E-state index contributed by atoms with van der Waals surface area (Å²) in [5.41, 5.74) is 2.35. The number of thioether (sulfide) groups is 1. The summed E-state index contributed by atoms with van der Waals surface area (Å²) >= 11 is 1.15. The van der Waals surface area contributed by atoms with Crippen LogP contribution in [-0.2, 0) is 14.8 Å². The van der Waals surface area contributed by atoms with Gasteiger partial charge in [0.25, 0.3) is 15.9 Å². The predicted octanol–water partition coefficient (Wildman–Crippen LogP) is 4.56. The van der Waals surface area contributed by atoms with Crippen molar-refractivity contribution < 1.29 is 13.2 Å². The van der Waals surface area contributed by atoms with Crippen molar-refractivity contribution in [3.63, 3.8) is 0 Å². The lowest BCUT2D eigenvalue weighted by Gasteiger charge is -2.16. The van der Waals surface area contributed by atoms with Gasteiger partial charge in [-0.25, -0.2) is 0 Å². The van der Waals surface area contributed by atoms with Crippen molar-refractivity contribution in [1.29, 1.82) is 0 Å². The summed E-state index contributed by atoms with van der Waals surface area (Å²) in [6, 6.07) is 24.8. The monoisotopic (exact) mass is 422 g/mol. The topological polar surface area (TPSA) is 66.8 Å². The Bertz CT molecular complexity index is 1160. The molecule has 5 nitrogen and oxygen atoms in total. The molecule has 1 amide bonds. The van der Waals surface area contributed by atoms with Crippen molar-refractivity contribution in [3.8, 4) is 0 Å². The fourth-order valence-corrected chi connectivity index (χ4v) is 5.35. The Morgan fingerprint density at radius 3 is 2.07 bits per heavy atom. The Morgan fingerprint density at radius 1 is 0.862 bits per heavy atom. The third kappa shape index (κ3) is 3.97. The van der Waals surface area contributed by atoms with Gasteiger partial charge in [0.15, 0.2) is 5.17 Å². The molecule has 1 atom stereocenters. The van der Waals surface area contributed by atoms with E-state index in [1.165, 1.54) is 17.0 Å². The lowest BCUT2D eigenvalue weighted by molar-refractivity contribution is -0.117. The van der Waals surface area contributed by atoms with Gasteiger partial charge in [0.2, 0.25) is 0 Å². The molecule has 4 rings (SSSR count). The van der Waals surface area contributed by atoms with Gasteiger partial charge in [0, 0.05) is 0 Å². The van der Waals surface area contributed by atoms with E-state index in [0.717, 1.165) is 22.9 Å². The third-order valence-corrected chi connectivity index (χ3v) is 7.08. The first-order valence-electron chi connectivity index (χ1n) is 8.98. The molecule has 29 heavy (non-hydrogen) atoms. The quantitative estimate of drug-likeness (QED) is 0.618. The standard InChI is InChI=1S/C22H18N2O3S2/c1-16-12-14-19(15-13-16)29(26,27)23-22-24(18-10-6-3-7-11-18)21(25)20(28-22)17-8-4-2-5-9-17/h2-15,20H,1H3/b23-22-. The van der Waals surface area contributed by atoms with Crippen LogP contribution in [0.4, 0.5) is 5.69 Å². The average molecular weight is 423 g/mol. The first-order valence-corrected chi connectivity index (χ1v) is 11.3. The largest absolute Gasteiger partial charge is 0.284 e. The number of nitrogens with zero attached hydrogens (tertiary/aromatic N) is 2. The highest BCUT2D eigenvalue weighted by atomic mass is 32.2. The minimum Gasteiger partial charge on any atom is -0.272 e. The number of aryl methyl sites for hydroxylation is 1.